The van der Waals surface area contributed by atoms with Crippen molar-refractivity contribution >= 4 is 34.0 Å². The normalized spacial score (nSPS) is 14.8. The summed E-state index contributed by atoms with van der Waals surface area (Å²) in [5.41, 5.74) is 6.32. The molecule has 0 aliphatic carbocycles. The summed E-state index contributed by atoms with van der Waals surface area (Å²) < 4.78 is 11.8. The number of rotatable bonds is 5. The molecule has 2 atom stereocenters. The van der Waals surface area contributed by atoms with Crippen molar-refractivity contribution in [3.63, 3.8) is 0 Å². The molecule has 0 fully saturated rings. The minimum Gasteiger partial charge on any atom is -0.330 e. The van der Waals surface area contributed by atoms with E-state index in [-0.39, 0.29) is 5.92 Å². The van der Waals surface area contributed by atoms with Gasteiger partial charge < -0.3 is 5.73 Å². The van der Waals surface area contributed by atoms with E-state index in [1.54, 1.807) is 6.07 Å². The second-order valence-electron chi connectivity index (χ2n) is 3.80. The SMILES string of the molecule is CC(CN)CS(=O)Cc1cccc(Cl)c1Cl. The lowest BCUT2D eigenvalue weighted by Crippen LogP contribution is -2.18. The third-order valence-corrected chi connectivity index (χ3v) is 4.65. The van der Waals surface area contributed by atoms with Gasteiger partial charge in [0.1, 0.15) is 0 Å². The van der Waals surface area contributed by atoms with Crippen LogP contribution in [0.3, 0.4) is 0 Å². The average Bonchev–Trinajstić information content (AvgIpc) is 2.24. The summed E-state index contributed by atoms with van der Waals surface area (Å²) in [7, 11) is -0.943. The Kier molecular flexibility index (Phi) is 5.76. The second-order valence-corrected chi connectivity index (χ2v) is 6.09. The molecule has 1 aromatic rings. The first-order valence-electron chi connectivity index (χ1n) is 5.02. The Morgan fingerprint density at radius 2 is 2.12 bits per heavy atom. The number of nitrogens with two attached hydrogens (primary N) is 1. The summed E-state index contributed by atoms with van der Waals surface area (Å²) in [4.78, 5) is 0. The fraction of sp³-hybridized carbons (Fsp3) is 0.455. The van der Waals surface area contributed by atoms with E-state index in [0.717, 1.165) is 5.56 Å². The Labute approximate surface area is 109 Å². The molecule has 0 radical (unpaired) electrons. The number of hydrogen-bond acceptors (Lipinski definition) is 2. The van der Waals surface area contributed by atoms with Gasteiger partial charge in [-0.05, 0) is 24.1 Å². The van der Waals surface area contributed by atoms with Crippen molar-refractivity contribution in [3.8, 4) is 0 Å². The second kappa shape index (κ2) is 6.60. The lowest BCUT2D eigenvalue weighted by molar-refractivity contribution is 0.640. The molecule has 0 aliphatic heterocycles. The smallest absolute Gasteiger partial charge is 0.0633 e. The molecule has 2 nitrogen and oxygen atoms in total. The molecule has 0 aromatic heterocycles. The zero-order valence-electron chi connectivity index (χ0n) is 9.08. The van der Waals surface area contributed by atoms with Gasteiger partial charge in [-0.25, -0.2) is 0 Å². The van der Waals surface area contributed by atoms with Crippen LogP contribution in [0.15, 0.2) is 18.2 Å². The Morgan fingerprint density at radius 3 is 2.75 bits per heavy atom. The van der Waals surface area contributed by atoms with Gasteiger partial charge >= 0.3 is 0 Å². The average molecular weight is 280 g/mol. The molecule has 0 saturated heterocycles. The van der Waals surface area contributed by atoms with Gasteiger partial charge in [0.2, 0.25) is 0 Å². The molecular formula is C11H15Cl2NOS. The maximum Gasteiger partial charge on any atom is 0.0633 e. The van der Waals surface area contributed by atoms with Crippen LogP contribution in [0.25, 0.3) is 0 Å². The quantitative estimate of drug-likeness (QED) is 0.901. The minimum absolute atomic E-state index is 0.263. The van der Waals surface area contributed by atoms with E-state index in [1.807, 2.05) is 19.1 Å². The monoisotopic (exact) mass is 279 g/mol. The van der Waals surface area contributed by atoms with Gasteiger partial charge in [-0.1, -0.05) is 42.3 Å². The highest BCUT2D eigenvalue weighted by Gasteiger charge is 2.10. The molecule has 1 rings (SSSR count). The van der Waals surface area contributed by atoms with E-state index < -0.39 is 10.8 Å². The minimum atomic E-state index is -0.943. The Hall–Kier alpha value is -0.0900. The fourth-order valence-corrected chi connectivity index (χ4v) is 3.22. The summed E-state index contributed by atoms with van der Waals surface area (Å²) in [5.74, 6) is 1.29. The van der Waals surface area contributed by atoms with E-state index in [2.05, 4.69) is 0 Å². The first-order chi connectivity index (χ1) is 7.54. The molecule has 0 spiro atoms. The Balaban J connectivity index is 2.66. The zero-order valence-corrected chi connectivity index (χ0v) is 11.4. The maximum absolute atomic E-state index is 11.8. The highest BCUT2D eigenvalue weighted by molar-refractivity contribution is 7.84. The summed E-state index contributed by atoms with van der Waals surface area (Å²) in [6.45, 7) is 2.53. The maximum atomic E-state index is 11.8. The predicted molar refractivity (Wildman–Crippen MR) is 71.4 cm³/mol. The largest absolute Gasteiger partial charge is 0.330 e. The van der Waals surface area contributed by atoms with Gasteiger partial charge in [0, 0.05) is 16.6 Å². The Bertz CT molecular complexity index is 384. The van der Waals surface area contributed by atoms with Crippen molar-refractivity contribution in [1.29, 1.82) is 0 Å². The van der Waals surface area contributed by atoms with Gasteiger partial charge in [0.05, 0.1) is 15.8 Å². The van der Waals surface area contributed by atoms with Crippen LogP contribution in [0, 0.1) is 5.92 Å². The van der Waals surface area contributed by atoms with Crippen molar-refractivity contribution in [2.45, 2.75) is 12.7 Å². The van der Waals surface area contributed by atoms with Crippen LogP contribution in [0.1, 0.15) is 12.5 Å². The molecule has 0 amide bonds. The summed E-state index contributed by atoms with van der Waals surface area (Å²) in [6, 6.07) is 5.38. The highest BCUT2D eigenvalue weighted by Crippen LogP contribution is 2.26. The summed E-state index contributed by atoms with van der Waals surface area (Å²) >= 11 is 11.9. The van der Waals surface area contributed by atoms with E-state index in [4.69, 9.17) is 28.9 Å². The molecule has 0 bridgehead atoms. The third kappa shape index (κ3) is 4.06. The number of halogens is 2. The van der Waals surface area contributed by atoms with Crippen molar-refractivity contribution in [1.82, 2.24) is 0 Å². The van der Waals surface area contributed by atoms with Gasteiger partial charge in [-0.3, -0.25) is 4.21 Å². The molecular weight excluding hydrogens is 265 g/mol. The topological polar surface area (TPSA) is 43.1 Å². The lowest BCUT2D eigenvalue weighted by Gasteiger charge is -2.09. The molecule has 16 heavy (non-hydrogen) atoms. The third-order valence-electron chi connectivity index (χ3n) is 2.22. The summed E-state index contributed by atoms with van der Waals surface area (Å²) in [6.07, 6.45) is 0. The zero-order chi connectivity index (χ0) is 12.1. The lowest BCUT2D eigenvalue weighted by atomic mass is 10.2. The standard InChI is InChI=1S/C11H15Cl2NOS/c1-8(5-14)6-16(15)7-9-3-2-4-10(12)11(9)13/h2-4,8H,5-7,14H2,1H3. The first-order valence-corrected chi connectivity index (χ1v) is 7.27. The van der Waals surface area contributed by atoms with Gasteiger partial charge in [-0.2, -0.15) is 0 Å². The molecule has 90 valence electrons. The number of benzene rings is 1. The first kappa shape index (κ1) is 14.0. The van der Waals surface area contributed by atoms with Crippen molar-refractivity contribution in [2.75, 3.05) is 12.3 Å². The molecule has 2 N–H and O–H groups in total. The molecule has 0 saturated carbocycles. The predicted octanol–water partition coefficient (Wildman–Crippen LogP) is 2.84. The van der Waals surface area contributed by atoms with Crippen molar-refractivity contribution in [2.24, 2.45) is 11.7 Å². The molecule has 5 heteroatoms. The van der Waals surface area contributed by atoms with Crippen LogP contribution in [-0.4, -0.2) is 16.5 Å². The highest BCUT2D eigenvalue weighted by atomic mass is 35.5. The summed E-state index contributed by atoms with van der Waals surface area (Å²) in [5, 5.41) is 1.00. The van der Waals surface area contributed by atoms with E-state index in [0.29, 0.717) is 28.1 Å². The van der Waals surface area contributed by atoms with E-state index in [1.165, 1.54) is 0 Å². The van der Waals surface area contributed by atoms with Crippen molar-refractivity contribution < 1.29 is 4.21 Å². The molecule has 2 unspecified atom stereocenters. The van der Waals surface area contributed by atoms with Gasteiger partial charge in [0.25, 0.3) is 0 Å². The number of hydrogen-bond donors (Lipinski definition) is 1. The van der Waals surface area contributed by atoms with Crippen LogP contribution in [-0.2, 0) is 16.6 Å². The van der Waals surface area contributed by atoms with E-state index >= 15 is 0 Å². The van der Waals surface area contributed by atoms with Crippen LogP contribution < -0.4 is 5.73 Å². The van der Waals surface area contributed by atoms with Gasteiger partial charge in [-0.15, -0.1) is 0 Å². The van der Waals surface area contributed by atoms with Crippen molar-refractivity contribution in [3.05, 3.63) is 33.8 Å². The van der Waals surface area contributed by atoms with Crippen LogP contribution in [0.4, 0.5) is 0 Å². The van der Waals surface area contributed by atoms with Gasteiger partial charge in [0.15, 0.2) is 0 Å². The molecule has 0 aliphatic rings. The molecule has 0 heterocycles. The van der Waals surface area contributed by atoms with Crippen LogP contribution in [0.5, 0.6) is 0 Å². The van der Waals surface area contributed by atoms with E-state index in [9.17, 15) is 4.21 Å². The fourth-order valence-electron chi connectivity index (χ4n) is 1.28. The van der Waals surface area contributed by atoms with Crippen LogP contribution in [0.2, 0.25) is 10.0 Å². The van der Waals surface area contributed by atoms with Crippen LogP contribution >= 0.6 is 23.2 Å². The Morgan fingerprint density at radius 1 is 1.44 bits per heavy atom. The molecule has 1 aromatic carbocycles.